The SMILES string of the molecule is O=C1C[C@@H]2CN(S(=O)(=O)c3ccc(-c4ccccc4)cc3)CC[C@@H]2N1. The van der Waals surface area contributed by atoms with Crippen LogP contribution in [0.1, 0.15) is 12.8 Å². The van der Waals surface area contributed by atoms with Crippen LogP contribution in [-0.4, -0.2) is 37.8 Å². The third-order valence-electron chi connectivity index (χ3n) is 5.09. The molecule has 0 spiro atoms. The van der Waals surface area contributed by atoms with Gasteiger partial charge in [-0.1, -0.05) is 42.5 Å². The summed E-state index contributed by atoms with van der Waals surface area (Å²) in [5, 5.41) is 2.93. The number of piperidine rings is 1. The second-order valence-electron chi connectivity index (χ2n) is 6.68. The number of hydrogen-bond donors (Lipinski definition) is 1. The quantitative estimate of drug-likeness (QED) is 0.917. The second-order valence-corrected chi connectivity index (χ2v) is 8.62. The lowest BCUT2D eigenvalue weighted by molar-refractivity contribution is -0.119. The fraction of sp³-hybridized carbons (Fsp3) is 0.316. The molecule has 2 heterocycles. The summed E-state index contributed by atoms with van der Waals surface area (Å²) in [4.78, 5) is 11.8. The van der Waals surface area contributed by atoms with E-state index in [1.54, 1.807) is 12.1 Å². The van der Waals surface area contributed by atoms with Crippen molar-refractivity contribution in [1.29, 1.82) is 0 Å². The molecule has 5 nitrogen and oxygen atoms in total. The van der Waals surface area contributed by atoms with Gasteiger partial charge in [0.05, 0.1) is 4.90 Å². The minimum atomic E-state index is -3.52. The smallest absolute Gasteiger partial charge is 0.243 e. The Bertz CT molecular complexity index is 879. The van der Waals surface area contributed by atoms with E-state index in [1.807, 2.05) is 42.5 Å². The molecular weight excluding hydrogens is 336 g/mol. The van der Waals surface area contributed by atoms with E-state index in [2.05, 4.69) is 5.32 Å². The number of benzene rings is 2. The largest absolute Gasteiger partial charge is 0.353 e. The van der Waals surface area contributed by atoms with Gasteiger partial charge in [0, 0.05) is 31.5 Å². The Morgan fingerprint density at radius 1 is 0.960 bits per heavy atom. The molecule has 2 aromatic rings. The third-order valence-corrected chi connectivity index (χ3v) is 6.97. The number of rotatable bonds is 3. The number of carbonyl (C=O) groups excluding carboxylic acids is 1. The average molecular weight is 356 g/mol. The number of carbonyl (C=O) groups is 1. The van der Waals surface area contributed by atoms with Gasteiger partial charge in [0.25, 0.3) is 0 Å². The van der Waals surface area contributed by atoms with E-state index < -0.39 is 10.0 Å². The Hall–Kier alpha value is -2.18. The molecule has 130 valence electrons. The maximum atomic E-state index is 12.9. The molecule has 0 radical (unpaired) electrons. The number of hydrogen-bond acceptors (Lipinski definition) is 3. The highest BCUT2D eigenvalue weighted by Gasteiger charge is 2.40. The van der Waals surface area contributed by atoms with E-state index in [4.69, 9.17) is 0 Å². The molecule has 0 aromatic heterocycles. The van der Waals surface area contributed by atoms with E-state index in [1.165, 1.54) is 4.31 Å². The van der Waals surface area contributed by atoms with Crippen LogP contribution < -0.4 is 5.32 Å². The van der Waals surface area contributed by atoms with Crippen molar-refractivity contribution in [3.8, 4) is 11.1 Å². The molecule has 25 heavy (non-hydrogen) atoms. The Morgan fingerprint density at radius 3 is 2.36 bits per heavy atom. The predicted octanol–water partition coefficient (Wildman–Crippen LogP) is 2.25. The molecule has 2 aromatic carbocycles. The standard InChI is InChI=1S/C19H20N2O3S/c22-19-12-16-13-21(11-10-18(16)20-19)25(23,24)17-8-6-15(7-9-17)14-4-2-1-3-5-14/h1-9,16,18H,10-13H2,(H,20,22)/t16-,18+/m1/s1. The summed E-state index contributed by atoms with van der Waals surface area (Å²) in [7, 11) is -3.52. The van der Waals surface area contributed by atoms with Gasteiger partial charge in [-0.15, -0.1) is 0 Å². The van der Waals surface area contributed by atoms with Crippen molar-refractivity contribution >= 4 is 15.9 Å². The first kappa shape index (κ1) is 16.3. The molecule has 4 rings (SSSR count). The van der Waals surface area contributed by atoms with Crippen LogP contribution in [0.2, 0.25) is 0 Å². The van der Waals surface area contributed by atoms with Crippen LogP contribution in [0.5, 0.6) is 0 Å². The first-order valence-corrected chi connectivity index (χ1v) is 9.93. The van der Waals surface area contributed by atoms with Crippen molar-refractivity contribution in [3.63, 3.8) is 0 Å². The van der Waals surface area contributed by atoms with Gasteiger partial charge in [-0.25, -0.2) is 8.42 Å². The van der Waals surface area contributed by atoms with Gasteiger partial charge in [-0.3, -0.25) is 4.79 Å². The van der Waals surface area contributed by atoms with Crippen molar-refractivity contribution in [2.45, 2.75) is 23.8 Å². The normalized spacial score (nSPS) is 23.9. The number of nitrogens with zero attached hydrogens (tertiary/aromatic N) is 1. The number of amides is 1. The Labute approximate surface area is 147 Å². The molecule has 1 amide bonds. The molecule has 2 atom stereocenters. The van der Waals surface area contributed by atoms with E-state index in [0.717, 1.165) is 11.1 Å². The van der Waals surface area contributed by atoms with Gasteiger partial charge in [0.15, 0.2) is 0 Å². The Balaban J connectivity index is 1.55. The zero-order chi connectivity index (χ0) is 17.4. The second kappa shape index (κ2) is 6.28. The minimum Gasteiger partial charge on any atom is -0.353 e. The van der Waals surface area contributed by atoms with Gasteiger partial charge in [0.1, 0.15) is 0 Å². The lowest BCUT2D eigenvalue weighted by atomic mass is 9.95. The Morgan fingerprint density at radius 2 is 1.64 bits per heavy atom. The average Bonchev–Trinajstić information content (AvgIpc) is 3.02. The van der Waals surface area contributed by atoms with Crippen molar-refractivity contribution in [1.82, 2.24) is 9.62 Å². The monoisotopic (exact) mass is 356 g/mol. The third kappa shape index (κ3) is 3.07. The Kier molecular flexibility index (Phi) is 4.09. The molecule has 2 fully saturated rings. The first-order valence-electron chi connectivity index (χ1n) is 8.49. The molecule has 0 saturated carbocycles. The lowest BCUT2D eigenvalue weighted by Crippen LogP contribution is -2.46. The summed E-state index contributed by atoms with van der Waals surface area (Å²) in [5.41, 5.74) is 2.05. The highest BCUT2D eigenvalue weighted by Crippen LogP contribution is 2.30. The molecule has 2 aliphatic rings. The van der Waals surface area contributed by atoms with Gasteiger partial charge in [-0.2, -0.15) is 4.31 Å². The van der Waals surface area contributed by atoms with Crippen LogP contribution in [0.3, 0.4) is 0 Å². The van der Waals surface area contributed by atoms with Crippen LogP contribution in [0.25, 0.3) is 11.1 Å². The summed E-state index contributed by atoms with van der Waals surface area (Å²) in [6, 6.07) is 17.0. The van der Waals surface area contributed by atoms with Crippen LogP contribution in [0.4, 0.5) is 0 Å². The highest BCUT2D eigenvalue weighted by atomic mass is 32.2. The highest BCUT2D eigenvalue weighted by molar-refractivity contribution is 7.89. The zero-order valence-electron chi connectivity index (χ0n) is 13.8. The van der Waals surface area contributed by atoms with E-state index in [0.29, 0.717) is 30.8 Å². The molecule has 2 aliphatic heterocycles. The number of nitrogens with one attached hydrogen (secondary N) is 1. The molecular formula is C19H20N2O3S. The van der Waals surface area contributed by atoms with Gasteiger partial charge in [0.2, 0.25) is 15.9 Å². The van der Waals surface area contributed by atoms with Crippen molar-refractivity contribution in [2.24, 2.45) is 5.92 Å². The molecule has 6 heteroatoms. The molecule has 1 N–H and O–H groups in total. The summed E-state index contributed by atoms with van der Waals surface area (Å²) in [5.74, 6) is 0.112. The van der Waals surface area contributed by atoms with E-state index in [-0.39, 0.29) is 17.9 Å². The summed E-state index contributed by atoms with van der Waals surface area (Å²) in [6.07, 6.45) is 1.10. The fourth-order valence-corrected chi connectivity index (χ4v) is 5.23. The fourth-order valence-electron chi connectivity index (χ4n) is 3.72. The molecule has 0 aliphatic carbocycles. The zero-order valence-corrected chi connectivity index (χ0v) is 14.6. The summed E-state index contributed by atoms with van der Waals surface area (Å²) in [6.45, 7) is 0.858. The molecule has 0 unspecified atom stereocenters. The topological polar surface area (TPSA) is 66.5 Å². The van der Waals surface area contributed by atoms with Crippen molar-refractivity contribution in [3.05, 3.63) is 54.6 Å². The van der Waals surface area contributed by atoms with Crippen LogP contribution in [0, 0.1) is 5.92 Å². The van der Waals surface area contributed by atoms with Crippen molar-refractivity contribution in [2.75, 3.05) is 13.1 Å². The van der Waals surface area contributed by atoms with Gasteiger partial charge >= 0.3 is 0 Å². The number of sulfonamides is 1. The maximum Gasteiger partial charge on any atom is 0.243 e. The number of fused-ring (bicyclic) bond motifs is 1. The minimum absolute atomic E-state index is 0.0291. The first-order chi connectivity index (χ1) is 12.0. The summed E-state index contributed by atoms with van der Waals surface area (Å²) < 4.78 is 27.4. The van der Waals surface area contributed by atoms with Crippen LogP contribution in [0.15, 0.2) is 59.5 Å². The lowest BCUT2D eigenvalue weighted by Gasteiger charge is -2.33. The summed E-state index contributed by atoms with van der Waals surface area (Å²) >= 11 is 0. The van der Waals surface area contributed by atoms with Crippen LogP contribution in [-0.2, 0) is 14.8 Å². The van der Waals surface area contributed by atoms with Gasteiger partial charge in [-0.05, 0) is 29.7 Å². The maximum absolute atomic E-state index is 12.9. The van der Waals surface area contributed by atoms with Crippen LogP contribution >= 0.6 is 0 Å². The van der Waals surface area contributed by atoms with Crippen molar-refractivity contribution < 1.29 is 13.2 Å². The predicted molar refractivity (Wildman–Crippen MR) is 95.3 cm³/mol. The molecule has 2 saturated heterocycles. The van der Waals surface area contributed by atoms with E-state index >= 15 is 0 Å². The van der Waals surface area contributed by atoms with E-state index in [9.17, 15) is 13.2 Å². The van der Waals surface area contributed by atoms with Gasteiger partial charge < -0.3 is 5.32 Å². The molecule has 0 bridgehead atoms.